The minimum atomic E-state index is -0.988. The van der Waals surface area contributed by atoms with Gasteiger partial charge in [0.25, 0.3) is 5.91 Å². The number of ether oxygens (including phenoxy) is 2. The van der Waals surface area contributed by atoms with Crippen molar-refractivity contribution in [2.24, 2.45) is 0 Å². The van der Waals surface area contributed by atoms with E-state index in [9.17, 15) is 14.0 Å². The highest BCUT2D eigenvalue weighted by molar-refractivity contribution is 7.80. The van der Waals surface area contributed by atoms with Gasteiger partial charge in [-0.1, -0.05) is 49.7 Å². The van der Waals surface area contributed by atoms with Crippen molar-refractivity contribution in [2.75, 3.05) is 38.6 Å². The molecule has 2 amide bonds. The Hall–Kier alpha value is -2.79. The van der Waals surface area contributed by atoms with Gasteiger partial charge in [0.05, 0.1) is 22.9 Å². The summed E-state index contributed by atoms with van der Waals surface area (Å²) in [6, 6.07) is 10.1. The summed E-state index contributed by atoms with van der Waals surface area (Å²) in [4.78, 5) is 28.4. The second kappa shape index (κ2) is 11.4. The van der Waals surface area contributed by atoms with Crippen LogP contribution in [0.2, 0.25) is 5.02 Å². The number of benzene rings is 2. The third-order valence-corrected chi connectivity index (χ3v) is 7.76. The number of carbonyl (C=O) groups is 2. The number of nitrogens with zero attached hydrogens (tertiary/aromatic N) is 1. The lowest BCUT2D eigenvalue weighted by molar-refractivity contribution is -0.137. The molecule has 1 atom stereocenters. The van der Waals surface area contributed by atoms with Crippen LogP contribution in [0.5, 0.6) is 0 Å². The fourth-order valence-electron chi connectivity index (χ4n) is 5.01. The molecule has 0 radical (unpaired) electrons. The maximum Gasteiger partial charge on any atom is 0.253 e. The molecule has 210 valence electrons. The molecule has 8 nitrogen and oxygen atoms in total. The molecule has 3 N–H and O–H groups in total. The van der Waals surface area contributed by atoms with Gasteiger partial charge in [0.1, 0.15) is 17.3 Å². The van der Waals surface area contributed by atoms with Gasteiger partial charge < -0.3 is 30.3 Å². The monoisotopic (exact) mass is 576 g/mol. The van der Waals surface area contributed by atoms with E-state index in [4.69, 9.17) is 33.3 Å². The number of halogens is 2. The highest BCUT2D eigenvalue weighted by atomic mass is 35.5. The molecule has 2 heterocycles. The van der Waals surface area contributed by atoms with Gasteiger partial charge in [0.2, 0.25) is 5.91 Å². The Morgan fingerprint density at radius 2 is 1.92 bits per heavy atom. The van der Waals surface area contributed by atoms with Crippen molar-refractivity contribution >= 4 is 46.4 Å². The molecule has 2 aromatic carbocycles. The molecule has 0 saturated carbocycles. The average Bonchev–Trinajstić information content (AvgIpc) is 3.22. The summed E-state index contributed by atoms with van der Waals surface area (Å²) in [7, 11) is 1.45. The summed E-state index contributed by atoms with van der Waals surface area (Å²) in [6.45, 7) is 9.39. The van der Waals surface area contributed by atoms with Crippen molar-refractivity contribution in [3.05, 3.63) is 63.9 Å². The zero-order valence-corrected chi connectivity index (χ0v) is 24.3. The van der Waals surface area contributed by atoms with Crippen LogP contribution in [0.25, 0.3) is 0 Å². The molecule has 0 unspecified atom stereocenters. The van der Waals surface area contributed by atoms with Crippen LogP contribution < -0.4 is 16.0 Å². The van der Waals surface area contributed by atoms with Crippen molar-refractivity contribution in [3.8, 4) is 0 Å². The minimum Gasteiger partial charge on any atom is -0.360 e. The Morgan fingerprint density at radius 1 is 1.23 bits per heavy atom. The van der Waals surface area contributed by atoms with Crippen molar-refractivity contribution in [2.45, 2.75) is 50.9 Å². The van der Waals surface area contributed by atoms with E-state index in [1.807, 2.05) is 43.0 Å². The molecule has 2 fully saturated rings. The van der Waals surface area contributed by atoms with Gasteiger partial charge in [0, 0.05) is 26.7 Å². The van der Waals surface area contributed by atoms with Gasteiger partial charge in [-0.05, 0) is 55.2 Å². The van der Waals surface area contributed by atoms with Crippen LogP contribution >= 0.6 is 23.8 Å². The lowest BCUT2D eigenvalue weighted by atomic mass is 9.69. The Labute approximate surface area is 238 Å². The van der Waals surface area contributed by atoms with Gasteiger partial charge in [-0.3, -0.25) is 9.59 Å². The van der Waals surface area contributed by atoms with Crippen molar-refractivity contribution in [1.29, 1.82) is 0 Å². The van der Waals surface area contributed by atoms with Crippen LogP contribution in [0.1, 0.15) is 55.1 Å². The van der Waals surface area contributed by atoms with Crippen molar-refractivity contribution < 1.29 is 23.5 Å². The normalized spacial score (nSPS) is 19.4. The molecule has 2 saturated heterocycles. The van der Waals surface area contributed by atoms with Crippen LogP contribution in [-0.2, 0) is 19.7 Å². The van der Waals surface area contributed by atoms with Gasteiger partial charge in [0.15, 0.2) is 10.9 Å². The summed E-state index contributed by atoms with van der Waals surface area (Å²) in [6.07, 6.45) is -0.142. The molecule has 4 rings (SSSR count). The topological polar surface area (TPSA) is 91.9 Å². The van der Waals surface area contributed by atoms with E-state index in [1.54, 1.807) is 0 Å². The van der Waals surface area contributed by atoms with Crippen LogP contribution in [0, 0.1) is 5.82 Å². The fourth-order valence-corrected chi connectivity index (χ4v) is 5.39. The first-order chi connectivity index (χ1) is 18.4. The van der Waals surface area contributed by atoms with E-state index in [0.717, 1.165) is 17.2 Å². The SMILES string of the molecule is CNC(=O)c1cc(Cl)c(F)cc1NC(=O)C1(c2ccccc2C(C)C)CN(C(=S)NC[C@@H]2COC(C)(C)O2)C1. The van der Waals surface area contributed by atoms with Crippen LogP contribution in [0.15, 0.2) is 36.4 Å². The Balaban J connectivity index is 1.60. The zero-order chi connectivity index (χ0) is 28.5. The fraction of sp³-hybridized carbons (Fsp3) is 0.464. The van der Waals surface area contributed by atoms with Crippen LogP contribution in [0.3, 0.4) is 0 Å². The lowest BCUT2D eigenvalue weighted by Gasteiger charge is -2.51. The van der Waals surface area contributed by atoms with Crippen molar-refractivity contribution in [3.63, 3.8) is 0 Å². The molecule has 0 bridgehead atoms. The molecule has 11 heteroatoms. The summed E-state index contributed by atoms with van der Waals surface area (Å²) >= 11 is 11.6. The Kier molecular flexibility index (Phi) is 8.51. The van der Waals surface area contributed by atoms with Gasteiger partial charge in [-0.15, -0.1) is 0 Å². The van der Waals surface area contributed by atoms with E-state index < -0.39 is 22.9 Å². The number of hydrogen-bond donors (Lipinski definition) is 3. The number of amides is 2. The number of thiocarbonyl (C=S) groups is 1. The van der Waals surface area contributed by atoms with E-state index in [2.05, 4.69) is 29.8 Å². The number of hydrogen-bond acceptors (Lipinski definition) is 5. The quantitative estimate of drug-likeness (QED) is 0.426. The van der Waals surface area contributed by atoms with Crippen LogP contribution in [-0.4, -0.2) is 67.0 Å². The highest BCUT2D eigenvalue weighted by Gasteiger charge is 2.53. The third kappa shape index (κ3) is 6.04. The van der Waals surface area contributed by atoms with Crippen molar-refractivity contribution in [1.82, 2.24) is 15.5 Å². The first kappa shape index (κ1) is 29.2. The van der Waals surface area contributed by atoms with Gasteiger partial charge in [-0.2, -0.15) is 0 Å². The molecule has 39 heavy (non-hydrogen) atoms. The largest absolute Gasteiger partial charge is 0.360 e. The number of anilines is 1. The van der Waals surface area contributed by atoms with E-state index in [1.165, 1.54) is 13.1 Å². The maximum absolute atomic E-state index is 14.4. The summed E-state index contributed by atoms with van der Waals surface area (Å²) in [5, 5.41) is 8.84. The molecule has 2 aliphatic heterocycles. The number of nitrogens with one attached hydrogen (secondary N) is 3. The first-order valence-electron chi connectivity index (χ1n) is 12.8. The van der Waals surface area contributed by atoms with Gasteiger partial charge >= 0.3 is 0 Å². The van der Waals surface area contributed by atoms with Gasteiger partial charge in [-0.25, -0.2) is 4.39 Å². The molecule has 0 aliphatic carbocycles. The number of rotatable bonds is 7. The third-order valence-electron chi connectivity index (χ3n) is 7.07. The summed E-state index contributed by atoms with van der Waals surface area (Å²) < 4.78 is 25.9. The number of carbonyl (C=O) groups excluding carboxylic acids is 2. The molecule has 0 aromatic heterocycles. The molecular weight excluding hydrogens is 543 g/mol. The smallest absolute Gasteiger partial charge is 0.253 e. The Bertz CT molecular complexity index is 1280. The van der Waals surface area contributed by atoms with E-state index >= 15 is 0 Å². The minimum absolute atomic E-state index is 0.0443. The summed E-state index contributed by atoms with van der Waals surface area (Å²) in [5.74, 6) is -2.07. The summed E-state index contributed by atoms with van der Waals surface area (Å²) in [5.41, 5.74) is 1.01. The van der Waals surface area contributed by atoms with Crippen LogP contribution in [0.4, 0.5) is 10.1 Å². The molecule has 2 aromatic rings. The second-order valence-corrected chi connectivity index (χ2v) is 11.5. The van der Waals surface area contributed by atoms with E-state index in [0.29, 0.717) is 31.4 Å². The lowest BCUT2D eigenvalue weighted by Crippen LogP contribution is -2.68. The highest BCUT2D eigenvalue weighted by Crippen LogP contribution is 2.40. The first-order valence-corrected chi connectivity index (χ1v) is 13.6. The molecule has 0 spiro atoms. The maximum atomic E-state index is 14.4. The predicted molar refractivity (Wildman–Crippen MR) is 153 cm³/mol. The predicted octanol–water partition coefficient (Wildman–Crippen LogP) is 4.18. The zero-order valence-electron chi connectivity index (χ0n) is 22.7. The molecular formula is C28H34ClFN4O4S. The Morgan fingerprint density at radius 3 is 2.54 bits per heavy atom. The van der Waals surface area contributed by atoms with E-state index in [-0.39, 0.29) is 34.2 Å². The standard InChI is InChI=1S/C28H34ClFN4O4S/c1-16(2)18-8-6-7-9-20(18)28(14-34(15-28)26(39)32-12-17-13-37-27(3,4)38-17)25(36)33-23-11-22(30)21(29)10-19(23)24(35)31-5/h6-11,16-17H,12-15H2,1-5H3,(H,31,35)(H,32,39)(H,33,36)/t17-/m1/s1. The second-order valence-electron chi connectivity index (χ2n) is 10.7. The number of likely N-dealkylation sites (tertiary alicyclic amines) is 1. The molecule has 2 aliphatic rings. The average molecular weight is 577 g/mol.